The van der Waals surface area contributed by atoms with Gasteiger partial charge in [0, 0.05) is 0 Å². The number of carbonyl (C=O) groups is 2. The molecule has 0 bridgehead atoms. The number of rotatable bonds is 1. The molecule has 0 aliphatic rings. The number of ether oxygens (including phenoxy) is 1. The average molecular weight is 148 g/mol. The van der Waals surface area contributed by atoms with Crippen LogP contribution in [0.25, 0.3) is 0 Å². The molecular formula is C5H8O5. The van der Waals surface area contributed by atoms with Gasteiger partial charge in [-0.3, -0.25) is 4.79 Å². The Labute approximate surface area is 57.5 Å². The monoisotopic (exact) mass is 148 g/mol. The lowest BCUT2D eigenvalue weighted by atomic mass is 10.6. The first-order valence-corrected chi connectivity index (χ1v) is 2.14. The summed E-state index contributed by atoms with van der Waals surface area (Å²) in [5.74, 6) is -1.36. The zero-order valence-electron chi connectivity index (χ0n) is 5.40. The summed E-state index contributed by atoms with van der Waals surface area (Å²) in [6.45, 7) is 2.66. The predicted octanol–water partition coefficient (Wildman–Crippen LogP) is -0.0681. The molecule has 10 heavy (non-hydrogen) atoms. The summed E-state index contributed by atoms with van der Waals surface area (Å²) in [6.07, 6.45) is 0. The summed E-state index contributed by atoms with van der Waals surface area (Å²) in [5, 5.41) is 15.0. The van der Waals surface area contributed by atoms with E-state index in [2.05, 4.69) is 11.3 Å². The van der Waals surface area contributed by atoms with Crippen LogP contribution in [0.15, 0.2) is 12.3 Å². The Hall–Kier alpha value is -1.52. The second-order valence-electron chi connectivity index (χ2n) is 1.04. The van der Waals surface area contributed by atoms with Crippen LogP contribution in [0, 0.1) is 0 Å². The Bertz CT molecular complexity index is 128. The van der Waals surface area contributed by atoms with E-state index in [1.54, 1.807) is 0 Å². The summed E-state index contributed by atoms with van der Waals surface area (Å²) in [7, 11) is 1.17. The molecule has 0 rings (SSSR count). The van der Waals surface area contributed by atoms with Gasteiger partial charge >= 0.3 is 5.97 Å². The maximum absolute atomic E-state index is 9.94. The van der Waals surface area contributed by atoms with Gasteiger partial charge in [-0.2, -0.15) is 0 Å². The molecule has 5 heteroatoms. The SMILES string of the molecule is C=C(O)C(=O)OC.O=CO. The van der Waals surface area contributed by atoms with Crippen molar-refractivity contribution in [2.45, 2.75) is 0 Å². The molecule has 2 N–H and O–H groups in total. The largest absolute Gasteiger partial charge is 0.502 e. The number of hydrogen-bond donors (Lipinski definition) is 2. The molecule has 0 aliphatic carbocycles. The van der Waals surface area contributed by atoms with Crippen molar-refractivity contribution in [1.29, 1.82) is 0 Å². The molecule has 0 unspecified atom stereocenters. The third kappa shape index (κ3) is 9.70. The van der Waals surface area contributed by atoms with Crippen molar-refractivity contribution in [3.05, 3.63) is 12.3 Å². The first-order chi connectivity index (χ1) is 4.59. The van der Waals surface area contributed by atoms with Crippen molar-refractivity contribution in [1.82, 2.24) is 0 Å². The van der Waals surface area contributed by atoms with Crippen molar-refractivity contribution in [2.75, 3.05) is 7.11 Å². The fourth-order valence-electron chi connectivity index (χ4n) is 0.118. The van der Waals surface area contributed by atoms with Crippen LogP contribution in [0.2, 0.25) is 0 Å². The highest BCUT2D eigenvalue weighted by Gasteiger charge is 1.99. The van der Waals surface area contributed by atoms with E-state index >= 15 is 0 Å². The first kappa shape index (κ1) is 11.3. The van der Waals surface area contributed by atoms with Crippen LogP contribution in [0.5, 0.6) is 0 Å². The summed E-state index contributed by atoms with van der Waals surface area (Å²) >= 11 is 0. The first-order valence-electron chi connectivity index (χ1n) is 2.14. The summed E-state index contributed by atoms with van der Waals surface area (Å²) in [4.78, 5) is 18.3. The van der Waals surface area contributed by atoms with Gasteiger partial charge in [-0.1, -0.05) is 0 Å². The molecule has 0 fully saturated rings. The smallest absolute Gasteiger partial charge is 0.372 e. The van der Waals surface area contributed by atoms with Crippen LogP contribution in [0.3, 0.4) is 0 Å². The van der Waals surface area contributed by atoms with E-state index in [0.717, 1.165) is 0 Å². The van der Waals surface area contributed by atoms with Crippen molar-refractivity contribution in [3.8, 4) is 0 Å². The van der Waals surface area contributed by atoms with Gasteiger partial charge in [0.05, 0.1) is 7.11 Å². The van der Waals surface area contributed by atoms with Gasteiger partial charge in [-0.05, 0) is 6.58 Å². The lowest BCUT2D eigenvalue weighted by Gasteiger charge is -1.90. The van der Waals surface area contributed by atoms with Gasteiger partial charge in [-0.15, -0.1) is 0 Å². The fourth-order valence-corrected chi connectivity index (χ4v) is 0.118. The minimum absolute atomic E-state index is 0.250. The van der Waals surface area contributed by atoms with Gasteiger partial charge in [0.2, 0.25) is 0 Å². The summed E-state index contributed by atoms with van der Waals surface area (Å²) in [5.41, 5.74) is 0. The van der Waals surface area contributed by atoms with E-state index < -0.39 is 11.7 Å². The molecule has 58 valence electrons. The number of aliphatic hydroxyl groups excluding tert-OH is 1. The molecule has 5 nitrogen and oxygen atoms in total. The molecule has 0 amide bonds. The number of methoxy groups -OCH3 is 1. The lowest BCUT2D eigenvalue weighted by Crippen LogP contribution is -2.01. The minimum atomic E-state index is -0.792. The van der Waals surface area contributed by atoms with E-state index in [-0.39, 0.29) is 6.47 Å². The molecule has 0 spiro atoms. The second-order valence-corrected chi connectivity index (χ2v) is 1.04. The number of carbonyl (C=O) groups excluding carboxylic acids is 1. The van der Waals surface area contributed by atoms with Crippen molar-refractivity contribution >= 4 is 12.4 Å². The highest BCUT2D eigenvalue weighted by Crippen LogP contribution is 1.82. The summed E-state index contributed by atoms with van der Waals surface area (Å²) < 4.78 is 4.02. The van der Waals surface area contributed by atoms with Crippen LogP contribution < -0.4 is 0 Å². The van der Waals surface area contributed by atoms with Crippen LogP contribution in [-0.4, -0.2) is 29.8 Å². The van der Waals surface area contributed by atoms with Gasteiger partial charge in [0.25, 0.3) is 6.47 Å². The van der Waals surface area contributed by atoms with Crippen LogP contribution in [-0.2, 0) is 14.3 Å². The predicted molar refractivity (Wildman–Crippen MR) is 32.5 cm³/mol. The van der Waals surface area contributed by atoms with Crippen LogP contribution in [0.1, 0.15) is 0 Å². The van der Waals surface area contributed by atoms with Gasteiger partial charge in [0.15, 0.2) is 5.76 Å². The molecule has 0 aromatic rings. The van der Waals surface area contributed by atoms with Crippen LogP contribution >= 0.6 is 0 Å². The Kier molecular flexibility index (Phi) is 8.45. The number of aliphatic hydroxyl groups is 1. The molecular weight excluding hydrogens is 140 g/mol. The fraction of sp³-hybridized carbons (Fsp3) is 0.200. The third-order valence-corrected chi connectivity index (χ3v) is 0.421. The zero-order chi connectivity index (χ0) is 8.57. The minimum Gasteiger partial charge on any atom is -0.502 e. The Morgan fingerprint density at radius 2 is 2.00 bits per heavy atom. The highest BCUT2D eigenvalue weighted by atomic mass is 16.5. The molecule has 0 aliphatic heterocycles. The van der Waals surface area contributed by atoms with Gasteiger partial charge < -0.3 is 14.9 Å². The average Bonchev–Trinajstić information content (AvgIpc) is 1.88. The molecule has 0 saturated carbocycles. The van der Waals surface area contributed by atoms with Crippen LogP contribution in [0.4, 0.5) is 0 Å². The van der Waals surface area contributed by atoms with Gasteiger partial charge in [-0.25, -0.2) is 4.79 Å². The maximum Gasteiger partial charge on any atom is 0.372 e. The molecule has 0 heterocycles. The molecule has 0 radical (unpaired) electrons. The van der Waals surface area contributed by atoms with Gasteiger partial charge in [0.1, 0.15) is 0 Å². The molecule has 0 saturated heterocycles. The summed E-state index contributed by atoms with van der Waals surface area (Å²) in [6, 6.07) is 0. The Morgan fingerprint density at radius 1 is 1.70 bits per heavy atom. The Balaban J connectivity index is 0. The maximum atomic E-state index is 9.94. The van der Waals surface area contributed by atoms with E-state index in [1.165, 1.54) is 7.11 Å². The number of esters is 1. The van der Waals surface area contributed by atoms with Crippen molar-refractivity contribution in [3.63, 3.8) is 0 Å². The number of carboxylic acid groups (broad SMARTS) is 1. The van der Waals surface area contributed by atoms with E-state index in [0.29, 0.717) is 0 Å². The zero-order valence-corrected chi connectivity index (χ0v) is 5.40. The van der Waals surface area contributed by atoms with Crippen molar-refractivity contribution < 1.29 is 24.5 Å². The molecule has 0 aromatic heterocycles. The number of hydrogen-bond acceptors (Lipinski definition) is 4. The quantitative estimate of drug-likeness (QED) is 0.235. The molecule has 0 atom stereocenters. The Morgan fingerprint density at radius 3 is 2.00 bits per heavy atom. The normalized spacial score (nSPS) is 6.50. The van der Waals surface area contributed by atoms with E-state index in [4.69, 9.17) is 15.0 Å². The molecule has 0 aromatic carbocycles. The second kappa shape index (κ2) is 7.48. The lowest BCUT2D eigenvalue weighted by molar-refractivity contribution is -0.139. The standard InChI is InChI=1S/C4H6O3.CH2O2/c1-3(5)4(6)7-2;2-1-3/h5H,1H2,2H3;1H,(H,2,3). The highest BCUT2D eigenvalue weighted by molar-refractivity contribution is 5.84. The topological polar surface area (TPSA) is 83.8 Å². The van der Waals surface area contributed by atoms with E-state index in [9.17, 15) is 4.79 Å². The third-order valence-electron chi connectivity index (χ3n) is 0.421. The van der Waals surface area contributed by atoms with Crippen molar-refractivity contribution in [2.24, 2.45) is 0 Å². The van der Waals surface area contributed by atoms with E-state index in [1.807, 2.05) is 0 Å².